The van der Waals surface area contributed by atoms with E-state index in [9.17, 15) is 13.9 Å². The van der Waals surface area contributed by atoms with Gasteiger partial charge >= 0.3 is 6.61 Å². The lowest BCUT2D eigenvalue weighted by atomic mass is 10.2. The Kier molecular flexibility index (Phi) is 3.84. The highest BCUT2D eigenvalue weighted by molar-refractivity contribution is 5.80. The zero-order chi connectivity index (χ0) is 11.3. The largest absolute Gasteiger partial charge is 0.504 e. The van der Waals surface area contributed by atoms with Crippen molar-refractivity contribution < 1.29 is 23.5 Å². The van der Waals surface area contributed by atoms with E-state index in [-0.39, 0.29) is 11.5 Å². The minimum absolute atomic E-state index is 0.278. The molecule has 0 heterocycles. The average molecular weight is 217 g/mol. The molecule has 0 saturated carbocycles. The first-order chi connectivity index (χ1) is 7.13. The fraction of sp³-hybridized carbons (Fsp3) is 0.222. The van der Waals surface area contributed by atoms with Crippen LogP contribution in [-0.2, 0) is 4.84 Å². The average Bonchev–Trinajstić information content (AvgIpc) is 2.18. The predicted octanol–water partition coefficient (Wildman–Crippen LogP) is 1.97. The molecule has 0 aliphatic heterocycles. The van der Waals surface area contributed by atoms with E-state index in [1.807, 2.05) is 0 Å². The van der Waals surface area contributed by atoms with Crippen LogP contribution in [0.4, 0.5) is 8.78 Å². The van der Waals surface area contributed by atoms with Crippen molar-refractivity contribution in [2.24, 2.45) is 5.16 Å². The molecule has 0 aromatic heterocycles. The monoisotopic (exact) mass is 217 g/mol. The Bertz CT molecular complexity index is 355. The van der Waals surface area contributed by atoms with Gasteiger partial charge in [-0.1, -0.05) is 5.16 Å². The van der Waals surface area contributed by atoms with Crippen molar-refractivity contribution in [3.63, 3.8) is 0 Å². The van der Waals surface area contributed by atoms with Gasteiger partial charge in [-0.2, -0.15) is 8.78 Å². The molecular weight excluding hydrogens is 208 g/mol. The second-order valence-corrected chi connectivity index (χ2v) is 2.52. The molecule has 4 nitrogen and oxygen atoms in total. The molecule has 1 rings (SSSR count). The molecule has 6 heteroatoms. The molecule has 0 unspecified atom stereocenters. The van der Waals surface area contributed by atoms with Gasteiger partial charge in [0.2, 0.25) is 0 Å². The number of ether oxygens (including phenoxy) is 1. The first-order valence-corrected chi connectivity index (χ1v) is 3.98. The topological polar surface area (TPSA) is 51.0 Å². The molecule has 0 aliphatic carbocycles. The summed E-state index contributed by atoms with van der Waals surface area (Å²) in [6, 6.07) is 3.92. The SMILES string of the molecule is CO/N=C/c1ccc(OC(F)F)c(O)c1. The molecule has 1 N–H and O–H groups in total. The highest BCUT2D eigenvalue weighted by Gasteiger charge is 2.08. The number of halogens is 2. The second-order valence-electron chi connectivity index (χ2n) is 2.52. The van der Waals surface area contributed by atoms with Crippen LogP contribution in [0.3, 0.4) is 0 Å². The number of benzene rings is 1. The van der Waals surface area contributed by atoms with Crippen LogP contribution in [0.2, 0.25) is 0 Å². The van der Waals surface area contributed by atoms with E-state index in [2.05, 4.69) is 14.7 Å². The Balaban J connectivity index is 2.83. The summed E-state index contributed by atoms with van der Waals surface area (Å²) in [4.78, 5) is 4.42. The van der Waals surface area contributed by atoms with Gasteiger partial charge in [0.1, 0.15) is 7.11 Å². The summed E-state index contributed by atoms with van der Waals surface area (Å²) in [7, 11) is 1.37. The molecule has 0 radical (unpaired) electrons. The highest BCUT2D eigenvalue weighted by Crippen LogP contribution is 2.27. The van der Waals surface area contributed by atoms with Gasteiger partial charge < -0.3 is 14.7 Å². The minimum Gasteiger partial charge on any atom is -0.504 e. The zero-order valence-corrected chi connectivity index (χ0v) is 7.85. The first kappa shape index (κ1) is 11.2. The third-order valence-electron chi connectivity index (χ3n) is 1.51. The van der Waals surface area contributed by atoms with E-state index in [4.69, 9.17) is 0 Å². The lowest BCUT2D eigenvalue weighted by molar-refractivity contribution is -0.0512. The van der Waals surface area contributed by atoms with Gasteiger partial charge in [0.05, 0.1) is 6.21 Å². The number of alkyl halides is 2. The maximum atomic E-state index is 11.8. The van der Waals surface area contributed by atoms with Crippen molar-refractivity contribution in [1.29, 1.82) is 0 Å². The molecule has 1 aromatic rings. The molecule has 0 amide bonds. The summed E-state index contributed by atoms with van der Waals surface area (Å²) in [5.41, 5.74) is 0.510. The van der Waals surface area contributed by atoms with Crippen LogP contribution >= 0.6 is 0 Å². The van der Waals surface area contributed by atoms with Crippen LogP contribution in [0.15, 0.2) is 23.4 Å². The van der Waals surface area contributed by atoms with Gasteiger partial charge in [0.25, 0.3) is 0 Å². The van der Waals surface area contributed by atoms with Gasteiger partial charge in [-0.05, 0) is 23.8 Å². The number of aromatic hydroxyl groups is 1. The van der Waals surface area contributed by atoms with Crippen LogP contribution in [0.25, 0.3) is 0 Å². The quantitative estimate of drug-likeness (QED) is 0.619. The van der Waals surface area contributed by atoms with Crippen molar-refractivity contribution in [3.8, 4) is 11.5 Å². The van der Waals surface area contributed by atoms with E-state index in [1.165, 1.54) is 31.5 Å². The summed E-state index contributed by atoms with van der Waals surface area (Å²) in [6.07, 6.45) is 1.33. The summed E-state index contributed by atoms with van der Waals surface area (Å²) in [6.45, 7) is -2.96. The van der Waals surface area contributed by atoms with E-state index >= 15 is 0 Å². The number of nitrogens with zero attached hydrogens (tertiary/aromatic N) is 1. The lowest BCUT2D eigenvalue weighted by Gasteiger charge is -2.06. The fourth-order valence-electron chi connectivity index (χ4n) is 0.924. The third kappa shape index (κ3) is 3.41. The number of phenolic OH excluding ortho intramolecular Hbond substituents is 1. The Labute approximate surface area is 84.7 Å². The van der Waals surface area contributed by atoms with Crippen LogP contribution in [-0.4, -0.2) is 25.0 Å². The number of hydrogen-bond donors (Lipinski definition) is 1. The highest BCUT2D eigenvalue weighted by atomic mass is 19.3. The second kappa shape index (κ2) is 5.14. The van der Waals surface area contributed by atoms with Crippen LogP contribution in [0.1, 0.15) is 5.56 Å². The van der Waals surface area contributed by atoms with E-state index < -0.39 is 6.61 Å². The Morgan fingerprint density at radius 3 is 2.73 bits per heavy atom. The van der Waals surface area contributed by atoms with E-state index in [0.717, 1.165) is 0 Å². The van der Waals surface area contributed by atoms with Gasteiger partial charge in [-0.15, -0.1) is 0 Å². The summed E-state index contributed by atoms with van der Waals surface area (Å²) in [5.74, 6) is -0.657. The molecule has 0 fully saturated rings. The molecule has 0 spiro atoms. The standard InChI is InChI=1S/C9H9F2NO3/c1-14-12-5-6-2-3-8(7(13)4-6)15-9(10)11/h2-5,9,13H,1H3/b12-5+. The van der Waals surface area contributed by atoms with Crippen LogP contribution < -0.4 is 4.74 Å². The first-order valence-electron chi connectivity index (χ1n) is 3.98. The number of phenols is 1. The fourth-order valence-corrected chi connectivity index (χ4v) is 0.924. The van der Waals surface area contributed by atoms with Crippen LogP contribution in [0.5, 0.6) is 11.5 Å². The van der Waals surface area contributed by atoms with Crippen molar-refractivity contribution in [2.75, 3.05) is 7.11 Å². The Morgan fingerprint density at radius 2 is 2.20 bits per heavy atom. The number of hydrogen-bond acceptors (Lipinski definition) is 4. The van der Waals surface area contributed by atoms with Crippen molar-refractivity contribution >= 4 is 6.21 Å². The van der Waals surface area contributed by atoms with Crippen LogP contribution in [0, 0.1) is 0 Å². The molecule has 0 atom stereocenters. The molecule has 0 aliphatic rings. The Morgan fingerprint density at radius 1 is 1.47 bits per heavy atom. The summed E-state index contributed by atoms with van der Waals surface area (Å²) >= 11 is 0. The molecule has 0 saturated heterocycles. The number of oxime groups is 1. The maximum absolute atomic E-state index is 11.8. The summed E-state index contributed by atoms with van der Waals surface area (Å²) < 4.78 is 27.7. The van der Waals surface area contributed by atoms with E-state index in [0.29, 0.717) is 5.56 Å². The van der Waals surface area contributed by atoms with Gasteiger partial charge in [-0.3, -0.25) is 0 Å². The van der Waals surface area contributed by atoms with Gasteiger partial charge in [-0.25, -0.2) is 0 Å². The van der Waals surface area contributed by atoms with Crippen molar-refractivity contribution in [1.82, 2.24) is 0 Å². The molecular formula is C9H9F2NO3. The van der Waals surface area contributed by atoms with Crippen molar-refractivity contribution in [2.45, 2.75) is 6.61 Å². The molecule has 1 aromatic carbocycles. The van der Waals surface area contributed by atoms with Crippen molar-refractivity contribution in [3.05, 3.63) is 23.8 Å². The zero-order valence-electron chi connectivity index (χ0n) is 7.85. The molecule has 15 heavy (non-hydrogen) atoms. The lowest BCUT2D eigenvalue weighted by Crippen LogP contribution is -2.02. The normalized spacial score (nSPS) is 10.9. The summed E-state index contributed by atoms with van der Waals surface area (Å²) in [5, 5.41) is 12.7. The van der Waals surface area contributed by atoms with Gasteiger partial charge in [0, 0.05) is 0 Å². The molecule has 0 bridgehead atoms. The predicted molar refractivity (Wildman–Crippen MR) is 49.3 cm³/mol. The van der Waals surface area contributed by atoms with Gasteiger partial charge in [0.15, 0.2) is 11.5 Å². The smallest absolute Gasteiger partial charge is 0.387 e. The minimum atomic E-state index is -2.96. The van der Waals surface area contributed by atoms with E-state index in [1.54, 1.807) is 0 Å². The molecule has 82 valence electrons. The maximum Gasteiger partial charge on any atom is 0.387 e. The third-order valence-corrected chi connectivity index (χ3v) is 1.51. The number of rotatable bonds is 4. The Hall–Kier alpha value is -1.85.